The van der Waals surface area contributed by atoms with Crippen LogP contribution in [0.3, 0.4) is 0 Å². The average Bonchev–Trinajstić information content (AvgIpc) is 3.43. The van der Waals surface area contributed by atoms with E-state index in [1.54, 1.807) is 0 Å². The number of anilines is 1. The van der Waals surface area contributed by atoms with E-state index >= 15 is 0 Å². The first-order valence-electron chi connectivity index (χ1n) is 10.7. The van der Waals surface area contributed by atoms with Crippen molar-refractivity contribution in [3.63, 3.8) is 0 Å². The molecule has 8 nitrogen and oxygen atoms in total. The van der Waals surface area contributed by atoms with Crippen molar-refractivity contribution in [3.05, 3.63) is 28.5 Å². The number of pyridine rings is 1. The number of thiazole rings is 1. The lowest BCUT2D eigenvalue weighted by atomic mass is 10.1. The van der Waals surface area contributed by atoms with E-state index in [9.17, 15) is 36.6 Å². The van der Waals surface area contributed by atoms with Gasteiger partial charge in [-0.2, -0.15) is 13.2 Å². The molecule has 1 saturated heterocycles. The molecule has 192 valence electrons. The Morgan fingerprint density at radius 3 is 2.63 bits per heavy atom. The van der Waals surface area contributed by atoms with Gasteiger partial charge in [0.05, 0.1) is 11.5 Å². The van der Waals surface area contributed by atoms with Crippen molar-refractivity contribution in [2.45, 2.75) is 51.4 Å². The zero-order chi connectivity index (χ0) is 25.9. The summed E-state index contributed by atoms with van der Waals surface area (Å²) >= 11 is 0.691. The highest BCUT2D eigenvalue weighted by Crippen LogP contribution is 2.38. The Morgan fingerprint density at radius 2 is 2.06 bits per heavy atom. The normalized spacial score (nSPS) is 17.1. The van der Waals surface area contributed by atoms with Gasteiger partial charge < -0.3 is 20.6 Å². The van der Waals surface area contributed by atoms with E-state index in [4.69, 9.17) is 0 Å². The van der Waals surface area contributed by atoms with Gasteiger partial charge in [-0.3, -0.25) is 9.59 Å². The van der Waals surface area contributed by atoms with E-state index in [1.807, 2.05) is 12.2 Å². The third-order valence-electron chi connectivity index (χ3n) is 5.37. The van der Waals surface area contributed by atoms with Crippen LogP contribution in [0.4, 0.5) is 27.8 Å². The number of rotatable bonds is 8. The summed E-state index contributed by atoms with van der Waals surface area (Å²) in [6, 6.07) is 0.0430. The van der Waals surface area contributed by atoms with Crippen molar-refractivity contribution in [3.8, 4) is 10.4 Å². The molecule has 35 heavy (non-hydrogen) atoms. The zero-order valence-corrected chi connectivity index (χ0v) is 19.6. The van der Waals surface area contributed by atoms with E-state index in [0.717, 1.165) is 25.1 Å². The molecule has 0 spiro atoms. The van der Waals surface area contributed by atoms with Gasteiger partial charge in [-0.1, -0.05) is 0 Å². The Kier molecular flexibility index (Phi) is 8.26. The number of aliphatic hydroxyl groups is 1. The Hall–Kier alpha value is -2.87. The molecule has 0 bridgehead atoms. The first kappa shape index (κ1) is 26.7. The fourth-order valence-electron chi connectivity index (χ4n) is 3.58. The lowest BCUT2D eigenvalue weighted by molar-refractivity contribution is -0.115. The molecule has 2 unspecified atom stereocenters. The van der Waals surface area contributed by atoms with Crippen LogP contribution < -0.4 is 10.6 Å². The van der Waals surface area contributed by atoms with Crippen molar-refractivity contribution >= 4 is 29.0 Å². The maximum absolute atomic E-state index is 14.0. The van der Waals surface area contributed by atoms with Crippen LogP contribution in [0.25, 0.3) is 10.4 Å². The zero-order valence-electron chi connectivity index (χ0n) is 18.8. The van der Waals surface area contributed by atoms with E-state index in [1.165, 1.54) is 11.8 Å². The summed E-state index contributed by atoms with van der Waals surface area (Å²) in [6.07, 6.45) is -5.26. The Balaban J connectivity index is 2.07. The number of likely N-dealkylation sites (tertiary alicyclic amines) is 1. The van der Waals surface area contributed by atoms with Crippen LogP contribution in [-0.4, -0.2) is 69.7 Å². The van der Waals surface area contributed by atoms with Gasteiger partial charge >= 0.3 is 6.18 Å². The van der Waals surface area contributed by atoms with Gasteiger partial charge in [-0.25, -0.2) is 18.7 Å². The average molecular weight is 522 g/mol. The first-order chi connectivity index (χ1) is 16.4. The van der Waals surface area contributed by atoms with Crippen LogP contribution in [0, 0.1) is 0 Å². The topological polar surface area (TPSA) is 107 Å². The molecule has 0 aliphatic carbocycles. The van der Waals surface area contributed by atoms with Crippen LogP contribution in [0.15, 0.2) is 12.3 Å². The third kappa shape index (κ3) is 6.42. The fraction of sp³-hybridized carbons (Fsp3) is 0.524. The monoisotopic (exact) mass is 521 g/mol. The largest absolute Gasteiger partial charge is 0.405 e. The van der Waals surface area contributed by atoms with Crippen molar-refractivity contribution in [1.82, 2.24) is 20.2 Å². The highest BCUT2D eigenvalue weighted by atomic mass is 32.1. The number of hydrogen-bond donors (Lipinski definition) is 3. The summed E-state index contributed by atoms with van der Waals surface area (Å²) in [6.45, 7) is 1.98. The predicted octanol–water partition coefficient (Wildman–Crippen LogP) is 3.85. The first-order valence-corrected chi connectivity index (χ1v) is 11.6. The maximum atomic E-state index is 14.0. The lowest BCUT2D eigenvalue weighted by Crippen LogP contribution is -2.35. The SMILES string of the molecule is CC(CO)NC(=O)c1nc(C(=O)N2CCCC2C)c(-c2cnc(NCC(F)(F)F)cc2C(F)F)s1. The molecule has 2 aromatic heterocycles. The van der Waals surface area contributed by atoms with Crippen molar-refractivity contribution in [2.24, 2.45) is 0 Å². The summed E-state index contributed by atoms with van der Waals surface area (Å²) in [5.41, 5.74) is -1.09. The Bertz CT molecular complexity index is 1080. The molecule has 1 aliphatic rings. The van der Waals surface area contributed by atoms with E-state index in [0.29, 0.717) is 17.9 Å². The summed E-state index contributed by atoms with van der Waals surface area (Å²) in [5, 5.41) is 13.4. The van der Waals surface area contributed by atoms with Crippen molar-refractivity contribution < 1.29 is 36.6 Å². The van der Waals surface area contributed by atoms with Gasteiger partial charge in [0.25, 0.3) is 18.2 Å². The second-order valence-electron chi connectivity index (χ2n) is 8.17. The molecule has 14 heteroatoms. The number of carbonyl (C=O) groups excluding carboxylic acids is 2. The van der Waals surface area contributed by atoms with Gasteiger partial charge in [0.1, 0.15) is 18.1 Å². The molecule has 2 atom stereocenters. The number of hydrogen-bond acceptors (Lipinski definition) is 7. The van der Waals surface area contributed by atoms with E-state index < -0.39 is 48.4 Å². The molecule has 3 heterocycles. The van der Waals surface area contributed by atoms with Crippen LogP contribution in [-0.2, 0) is 0 Å². The summed E-state index contributed by atoms with van der Waals surface area (Å²) in [5.74, 6) is -1.67. The number of nitrogens with one attached hydrogen (secondary N) is 2. The number of aliphatic hydroxyl groups excluding tert-OH is 1. The Labute approximate surface area is 201 Å². The molecular formula is C21H24F5N5O3S. The van der Waals surface area contributed by atoms with E-state index in [-0.39, 0.29) is 33.8 Å². The lowest BCUT2D eigenvalue weighted by Gasteiger charge is -2.21. The number of carbonyl (C=O) groups is 2. The van der Waals surface area contributed by atoms with Crippen LogP contribution in [0.5, 0.6) is 0 Å². The highest BCUT2D eigenvalue weighted by molar-refractivity contribution is 7.17. The summed E-state index contributed by atoms with van der Waals surface area (Å²) in [4.78, 5) is 35.3. The number of halogens is 5. The van der Waals surface area contributed by atoms with E-state index in [2.05, 4.69) is 15.3 Å². The summed E-state index contributed by atoms with van der Waals surface area (Å²) in [7, 11) is 0. The second-order valence-corrected chi connectivity index (χ2v) is 9.17. The van der Waals surface area contributed by atoms with Gasteiger partial charge in [0.2, 0.25) is 0 Å². The maximum Gasteiger partial charge on any atom is 0.405 e. The minimum absolute atomic E-state index is 0.0407. The van der Waals surface area contributed by atoms with Gasteiger partial charge in [0, 0.05) is 36.0 Å². The fourth-order valence-corrected chi connectivity index (χ4v) is 4.57. The standard InChI is InChI=1S/C21H24F5N5O3S/c1-10(8-32)29-18(33)19-30-15(20(34)31-5-3-4-11(31)2)16(35-19)13-7-27-14(6-12(13)17(22)23)28-9-21(24,25)26/h6-7,10-11,17,32H,3-5,8-9H2,1-2H3,(H,27,28)(H,29,33). The van der Waals surface area contributed by atoms with Gasteiger partial charge in [-0.15, -0.1) is 11.3 Å². The summed E-state index contributed by atoms with van der Waals surface area (Å²) < 4.78 is 65.5. The number of aromatic nitrogens is 2. The smallest absolute Gasteiger partial charge is 0.394 e. The minimum Gasteiger partial charge on any atom is -0.394 e. The number of nitrogens with zero attached hydrogens (tertiary/aromatic N) is 3. The van der Waals surface area contributed by atoms with Crippen molar-refractivity contribution in [2.75, 3.05) is 25.0 Å². The van der Waals surface area contributed by atoms with Crippen molar-refractivity contribution in [1.29, 1.82) is 0 Å². The predicted molar refractivity (Wildman–Crippen MR) is 119 cm³/mol. The molecule has 1 fully saturated rings. The Morgan fingerprint density at radius 1 is 1.34 bits per heavy atom. The molecule has 2 aromatic rings. The van der Waals surface area contributed by atoms with Gasteiger partial charge in [-0.05, 0) is 32.8 Å². The molecule has 0 aromatic carbocycles. The highest BCUT2D eigenvalue weighted by Gasteiger charge is 2.33. The second kappa shape index (κ2) is 10.8. The molecule has 2 amide bonds. The molecule has 3 N–H and O–H groups in total. The van der Waals surface area contributed by atoms with Crippen LogP contribution in [0.1, 0.15) is 59.0 Å². The molecular weight excluding hydrogens is 497 g/mol. The van der Waals surface area contributed by atoms with Crippen LogP contribution >= 0.6 is 11.3 Å². The minimum atomic E-state index is -4.58. The number of amides is 2. The molecule has 3 rings (SSSR count). The quantitative estimate of drug-likeness (QED) is 0.456. The van der Waals surface area contributed by atoms with Gasteiger partial charge in [0.15, 0.2) is 5.01 Å². The van der Waals surface area contributed by atoms with Crippen LogP contribution in [0.2, 0.25) is 0 Å². The molecule has 1 aliphatic heterocycles. The molecule has 0 saturated carbocycles. The number of alkyl halides is 5. The molecule has 0 radical (unpaired) electrons. The third-order valence-corrected chi connectivity index (χ3v) is 6.46.